The number of hydrogen-bond acceptors (Lipinski definition) is 4. The van der Waals surface area contributed by atoms with Crippen LogP contribution in [0.3, 0.4) is 0 Å². The van der Waals surface area contributed by atoms with Gasteiger partial charge in [0, 0.05) is 19.9 Å². The molecule has 1 atom stereocenters. The number of aromatic nitrogens is 2. The van der Waals surface area contributed by atoms with Crippen LogP contribution in [-0.2, 0) is 27.8 Å². The molecular formula is C15H18FN3O3S. The summed E-state index contributed by atoms with van der Waals surface area (Å²) < 4.78 is 48.3. The summed E-state index contributed by atoms with van der Waals surface area (Å²) in [5.74, 6) is -0.749. The number of aryl methyl sites for hydroxylation is 1. The van der Waals surface area contributed by atoms with E-state index in [9.17, 15) is 12.8 Å². The zero-order valence-corrected chi connectivity index (χ0v) is 13.5. The third kappa shape index (κ3) is 3.01. The van der Waals surface area contributed by atoms with Gasteiger partial charge in [0.1, 0.15) is 10.7 Å². The predicted octanol–water partition coefficient (Wildman–Crippen LogP) is 1.63. The van der Waals surface area contributed by atoms with E-state index in [1.165, 1.54) is 29.6 Å². The fraction of sp³-hybridized carbons (Fsp3) is 0.400. The second-order valence-corrected chi connectivity index (χ2v) is 7.28. The predicted molar refractivity (Wildman–Crippen MR) is 81.6 cm³/mol. The van der Waals surface area contributed by atoms with Crippen molar-refractivity contribution in [1.82, 2.24) is 14.1 Å². The summed E-state index contributed by atoms with van der Waals surface area (Å²) in [7, 11) is -2.45. The Morgan fingerprint density at radius 1 is 1.35 bits per heavy atom. The van der Waals surface area contributed by atoms with Gasteiger partial charge in [-0.3, -0.25) is 4.68 Å². The summed E-state index contributed by atoms with van der Waals surface area (Å²) >= 11 is 0. The zero-order chi connectivity index (χ0) is 16.4. The minimum absolute atomic E-state index is 0.144. The average Bonchev–Trinajstić information content (AvgIpc) is 2.89. The number of rotatable bonds is 4. The van der Waals surface area contributed by atoms with E-state index < -0.39 is 15.8 Å². The Bertz CT molecular complexity index is 791. The highest BCUT2D eigenvalue weighted by Crippen LogP contribution is 2.27. The lowest BCUT2D eigenvalue weighted by Crippen LogP contribution is -2.41. The number of nitrogens with zero attached hydrogens (tertiary/aromatic N) is 3. The fourth-order valence-corrected chi connectivity index (χ4v) is 4.50. The van der Waals surface area contributed by atoms with E-state index in [0.717, 1.165) is 11.8 Å². The van der Waals surface area contributed by atoms with Crippen LogP contribution >= 0.6 is 0 Å². The summed E-state index contributed by atoms with van der Waals surface area (Å²) in [5, 5.41) is 4.20. The Morgan fingerprint density at radius 3 is 2.87 bits per heavy atom. The molecule has 1 aliphatic heterocycles. The van der Waals surface area contributed by atoms with E-state index in [0.29, 0.717) is 13.0 Å². The van der Waals surface area contributed by atoms with Crippen molar-refractivity contribution >= 4 is 10.0 Å². The number of fused-ring (bicyclic) bond motifs is 1. The van der Waals surface area contributed by atoms with E-state index in [-0.39, 0.29) is 24.1 Å². The third-order valence-electron chi connectivity index (χ3n) is 3.99. The van der Waals surface area contributed by atoms with Gasteiger partial charge in [-0.15, -0.1) is 0 Å². The molecule has 0 spiro atoms. The summed E-state index contributed by atoms with van der Waals surface area (Å²) in [6, 6.07) is 6.84. The van der Waals surface area contributed by atoms with Gasteiger partial charge in [-0.05, 0) is 24.6 Å². The van der Waals surface area contributed by atoms with Crippen LogP contribution in [0.5, 0.6) is 0 Å². The Balaban J connectivity index is 2.04. The summed E-state index contributed by atoms with van der Waals surface area (Å²) in [5.41, 5.74) is 0.781. The van der Waals surface area contributed by atoms with E-state index in [1.807, 2.05) is 0 Å². The topological polar surface area (TPSA) is 64.4 Å². The molecular weight excluding hydrogens is 321 g/mol. The molecule has 23 heavy (non-hydrogen) atoms. The molecule has 0 saturated carbocycles. The molecule has 1 aromatic heterocycles. The van der Waals surface area contributed by atoms with Gasteiger partial charge in [0.25, 0.3) is 0 Å². The first-order chi connectivity index (χ1) is 11.0. The van der Waals surface area contributed by atoms with Gasteiger partial charge in [-0.1, -0.05) is 12.1 Å². The lowest BCUT2D eigenvalue weighted by Gasteiger charge is -2.28. The monoisotopic (exact) mass is 339 g/mol. The van der Waals surface area contributed by atoms with Crippen LogP contribution in [0.25, 0.3) is 0 Å². The van der Waals surface area contributed by atoms with E-state index >= 15 is 0 Å². The fourth-order valence-electron chi connectivity index (χ4n) is 2.82. The minimum Gasteiger partial charge on any atom is -0.383 e. The molecule has 2 aromatic rings. The van der Waals surface area contributed by atoms with Crippen LogP contribution in [-0.4, -0.2) is 42.3 Å². The molecule has 6 nitrogen and oxygen atoms in total. The zero-order valence-electron chi connectivity index (χ0n) is 12.7. The van der Waals surface area contributed by atoms with Crippen LogP contribution in [0.4, 0.5) is 4.39 Å². The van der Waals surface area contributed by atoms with Gasteiger partial charge >= 0.3 is 0 Å². The highest BCUT2D eigenvalue weighted by atomic mass is 32.2. The summed E-state index contributed by atoms with van der Waals surface area (Å²) in [6.07, 6.45) is 2.19. The molecule has 0 aliphatic carbocycles. The van der Waals surface area contributed by atoms with Crippen molar-refractivity contribution in [3.8, 4) is 0 Å². The first-order valence-electron chi connectivity index (χ1n) is 7.30. The molecule has 8 heteroatoms. The Morgan fingerprint density at radius 2 is 2.13 bits per heavy atom. The maximum absolute atomic E-state index is 14.0. The molecule has 1 aromatic carbocycles. The van der Waals surface area contributed by atoms with Crippen molar-refractivity contribution in [1.29, 1.82) is 0 Å². The standard InChI is InChI=1S/C15H18FN3O3S/c1-22-11-13-7-9-18-12(6-8-17-18)10-19(13)23(20,21)15-5-3-2-4-14(15)16/h2-6,8,13H,7,9-11H2,1H3/t13-/m1/s1. The number of sulfonamides is 1. The molecule has 0 N–H and O–H groups in total. The molecule has 0 bridgehead atoms. The Labute approximate surface area is 134 Å². The quantitative estimate of drug-likeness (QED) is 0.849. The maximum Gasteiger partial charge on any atom is 0.246 e. The second kappa shape index (κ2) is 6.38. The van der Waals surface area contributed by atoms with Crippen molar-refractivity contribution in [2.75, 3.05) is 13.7 Å². The molecule has 1 aliphatic rings. The number of methoxy groups -OCH3 is 1. The number of hydrogen-bond donors (Lipinski definition) is 0. The highest BCUT2D eigenvalue weighted by molar-refractivity contribution is 7.89. The second-order valence-electron chi connectivity index (χ2n) is 5.42. The first-order valence-corrected chi connectivity index (χ1v) is 8.74. The summed E-state index contributed by atoms with van der Waals surface area (Å²) in [6.45, 7) is 0.989. The van der Waals surface area contributed by atoms with Gasteiger partial charge in [0.15, 0.2) is 0 Å². The van der Waals surface area contributed by atoms with Crippen LogP contribution in [0, 0.1) is 5.82 Å². The van der Waals surface area contributed by atoms with Crippen molar-refractivity contribution in [2.24, 2.45) is 0 Å². The van der Waals surface area contributed by atoms with Crippen molar-refractivity contribution < 1.29 is 17.5 Å². The molecule has 2 heterocycles. The number of benzene rings is 1. The summed E-state index contributed by atoms with van der Waals surface area (Å²) in [4.78, 5) is -0.311. The molecule has 0 fully saturated rings. The third-order valence-corrected chi connectivity index (χ3v) is 5.92. The van der Waals surface area contributed by atoms with Crippen LogP contribution < -0.4 is 0 Å². The van der Waals surface area contributed by atoms with Gasteiger partial charge in [-0.2, -0.15) is 9.40 Å². The molecule has 0 amide bonds. The number of halogens is 1. The number of ether oxygens (including phenoxy) is 1. The van der Waals surface area contributed by atoms with Crippen molar-refractivity contribution in [3.63, 3.8) is 0 Å². The van der Waals surface area contributed by atoms with Crippen molar-refractivity contribution in [3.05, 3.63) is 48.0 Å². The van der Waals surface area contributed by atoms with E-state index in [1.54, 1.807) is 16.9 Å². The molecule has 0 unspecified atom stereocenters. The van der Waals surface area contributed by atoms with Crippen LogP contribution in [0.2, 0.25) is 0 Å². The highest BCUT2D eigenvalue weighted by Gasteiger charge is 2.35. The van der Waals surface area contributed by atoms with E-state index in [4.69, 9.17) is 4.74 Å². The van der Waals surface area contributed by atoms with Gasteiger partial charge < -0.3 is 4.74 Å². The largest absolute Gasteiger partial charge is 0.383 e. The Kier molecular flexibility index (Phi) is 4.47. The normalized spacial score (nSPS) is 19.3. The van der Waals surface area contributed by atoms with Gasteiger partial charge in [-0.25, -0.2) is 12.8 Å². The van der Waals surface area contributed by atoms with E-state index in [2.05, 4.69) is 5.10 Å². The first kappa shape index (κ1) is 16.1. The maximum atomic E-state index is 14.0. The minimum atomic E-state index is -3.97. The van der Waals surface area contributed by atoms with Crippen LogP contribution in [0.15, 0.2) is 41.4 Å². The lowest BCUT2D eigenvalue weighted by molar-refractivity contribution is 0.127. The lowest BCUT2D eigenvalue weighted by atomic mass is 10.2. The molecule has 0 radical (unpaired) electrons. The van der Waals surface area contributed by atoms with Gasteiger partial charge in [0.05, 0.1) is 24.9 Å². The van der Waals surface area contributed by atoms with Crippen molar-refractivity contribution in [2.45, 2.75) is 30.4 Å². The molecule has 0 saturated heterocycles. The van der Waals surface area contributed by atoms with Gasteiger partial charge in [0.2, 0.25) is 10.0 Å². The smallest absolute Gasteiger partial charge is 0.246 e. The average molecular weight is 339 g/mol. The Hall–Kier alpha value is -1.77. The molecule has 3 rings (SSSR count). The molecule has 124 valence electrons. The SMILES string of the molecule is COC[C@H]1CCn2nccc2CN1S(=O)(=O)c1ccccc1F. The van der Waals surface area contributed by atoms with Crippen LogP contribution in [0.1, 0.15) is 12.1 Å².